The summed E-state index contributed by atoms with van der Waals surface area (Å²) in [7, 11) is 0. The normalized spacial score (nSPS) is 11.1. The molecule has 5 nitrogen and oxygen atoms in total. The zero-order valence-electron chi connectivity index (χ0n) is 20.9. The van der Waals surface area contributed by atoms with Gasteiger partial charge in [-0.3, -0.25) is 4.79 Å². The van der Waals surface area contributed by atoms with Gasteiger partial charge in [0.1, 0.15) is 11.6 Å². The Morgan fingerprint density at radius 2 is 1.78 bits per heavy atom. The number of para-hydroxylation sites is 2. The number of nitrogens with one attached hydrogen (secondary N) is 1. The van der Waals surface area contributed by atoms with E-state index in [0.717, 1.165) is 73.3 Å². The Labute approximate surface area is 218 Å². The fourth-order valence-corrected chi connectivity index (χ4v) is 4.46. The molecule has 0 aliphatic heterocycles. The summed E-state index contributed by atoms with van der Waals surface area (Å²) in [5, 5.41) is 3.75. The first kappa shape index (κ1) is 25.8. The summed E-state index contributed by atoms with van der Waals surface area (Å²) in [5.74, 6) is 1.99. The Morgan fingerprint density at radius 3 is 2.61 bits per heavy atom. The van der Waals surface area contributed by atoms with Crippen LogP contribution in [-0.4, -0.2) is 28.6 Å². The van der Waals surface area contributed by atoms with Gasteiger partial charge in [-0.15, -0.1) is 0 Å². The summed E-state index contributed by atoms with van der Waals surface area (Å²) in [5.41, 5.74) is 4.06. The average molecular weight is 504 g/mol. The number of imidazole rings is 1. The van der Waals surface area contributed by atoms with Gasteiger partial charge in [-0.2, -0.15) is 0 Å². The second-order valence-electron chi connectivity index (χ2n) is 9.11. The first-order valence-corrected chi connectivity index (χ1v) is 13.2. The number of amides is 1. The van der Waals surface area contributed by atoms with Gasteiger partial charge in [0.05, 0.1) is 17.6 Å². The number of hydrogen-bond acceptors (Lipinski definition) is 3. The molecule has 0 bridgehead atoms. The molecule has 4 aromatic rings. The van der Waals surface area contributed by atoms with Crippen molar-refractivity contribution in [2.75, 3.05) is 13.2 Å². The Kier molecular flexibility index (Phi) is 9.40. The van der Waals surface area contributed by atoms with Gasteiger partial charge in [-0.1, -0.05) is 47.9 Å². The van der Waals surface area contributed by atoms with Gasteiger partial charge in [0.2, 0.25) is 0 Å². The molecule has 4 rings (SSSR count). The molecule has 0 radical (unpaired) electrons. The maximum Gasteiger partial charge on any atom is 0.251 e. The van der Waals surface area contributed by atoms with Crippen LogP contribution in [0.2, 0.25) is 5.02 Å². The van der Waals surface area contributed by atoms with Crippen molar-refractivity contribution in [1.29, 1.82) is 0 Å². The van der Waals surface area contributed by atoms with Crippen LogP contribution in [0.3, 0.4) is 0 Å². The highest BCUT2D eigenvalue weighted by Gasteiger charge is 2.10. The number of benzene rings is 3. The molecule has 36 heavy (non-hydrogen) atoms. The quantitative estimate of drug-likeness (QED) is 0.200. The van der Waals surface area contributed by atoms with E-state index in [0.29, 0.717) is 18.2 Å². The van der Waals surface area contributed by atoms with Crippen LogP contribution in [0.25, 0.3) is 11.0 Å². The van der Waals surface area contributed by atoms with Crippen LogP contribution in [0.4, 0.5) is 0 Å². The number of hydrogen-bond donors (Lipinski definition) is 1. The molecule has 188 valence electrons. The number of aromatic nitrogens is 2. The average Bonchev–Trinajstić information content (AvgIpc) is 3.24. The fourth-order valence-electron chi connectivity index (χ4n) is 4.33. The standard InChI is InChI=1S/C30H34ClN3O2/c1-23-10-9-11-24(22-23)30(35)32-19-6-2-3-14-29-33-27-12-4-5-13-28(27)34(29)20-7-8-21-36-26-17-15-25(31)16-18-26/h4-5,9-13,15-18,22H,2-3,6-8,14,19-21H2,1H3,(H,32,35). The summed E-state index contributed by atoms with van der Waals surface area (Å²) in [6, 6.07) is 23.5. The van der Waals surface area contributed by atoms with E-state index in [2.05, 4.69) is 28.1 Å². The lowest BCUT2D eigenvalue weighted by molar-refractivity contribution is 0.0953. The highest BCUT2D eigenvalue weighted by atomic mass is 35.5. The Morgan fingerprint density at radius 1 is 0.944 bits per heavy atom. The van der Waals surface area contributed by atoms with Crippen LogP contribution in [0.15, 0.2) is 72.8 Å². The van der Waals surface area contributed by atoms with Crippen molar-refractivity contribution in [2.24, 2.45) is 0 Å². The lowest BCUT2D eigenvalue weighted by Gasteiger charge is -2.10. The van der Waals surface area contributed by atoms with Crippen molar-refractivity contribution in [3.8, 4) is 5.75 Å². The Hall–Kier alpha value is -3.31. The van der Waals surface area contributed by atoms with Crippen molar-refractivity contribution in [3.63, 3.8) is 0 Å². The Balaban J connectivity index is 1.21. The molecule has 0 atom stereocenters. The highest BCUT2D eigenvalue weighted by molar-refractivity contribution is 6.30. The molecule has 1 heterocycles. The second-order valence-corrected chi connectivity index (χ2v) is 9.55. The number of fused-ring (bicyclic) bond motifs is 1. The maximum absolute atomic E-state index is 12.3. The topological polar surface area (TPSA) is 56.2 Å². The summed E-state index contributed by atoms with van der Waals surface area (Å²) in [4.78, 5) is 17.2. The van der Waals surface area contributed by atoms with Crippen molar-refractivity contribution in [1.82, 2.24) is 14.9 Å². The summed E-state index contributed by atoms with van der Waals surface area (Å²) >= 11 is 5.94. The molecule has 1 amide bonds. The van der Waals surface area contributed by atoms with Crippen molar-refractivity contribution >= 4 is 28.5 Å². The number of rotatable bonds is 13. The molecule has 0 spiro atoms. The van der Waals surface area contributed by atoms with E-state index in [1.165, 1.54) is 5.52 Å². The van der Waals surface area contributed by atoms with Gasteiger partial charge in [-0.05, 0) is 81.1 Å². The van der Waals surface area contributed by atoms with Crippen LogP contribution in [0.1, 0.15) is 53.8 Å². The second kappa shape index (κ2) is 13.1. The molecule has 0 saturated carbocycles. The third-order valence-corrected chi connectivity index (χ3v) is 6.49. The van der Waals surface area contributed by atoms with Gasteiger partial charge >= 0.3 is 0 Å². The molecule has 3 aromatic carbocycles. The molecule has 0 saturated heterocycles. The zero-order valence-corrected chi connectivity index (χ0v) is 21.6. The summed E-state index contributed by atoms with van der Waals surface area (Å²) < 4.78 is 8.20. The monoisotopic (exact) mass is 503 g/mol. The lowest BCUT2D eigenvalue weighted by atomic mass is 10.1. The maximum atomic E-state index is 12.3. The van der Waals surface area contributed by atoms with E-state index in [9.17, 15) is 4.79 Å². The predicted octanol–water partition coefficient (Wildman–Crippen LogP) is 7.00. The fraction of sp³-hybridized carbons (Fsp3) is 0.333. The lowest BCUT2D eigenvalue weighted by Crippen LogP contribution is -2.24. The van der Waals surface area contributed by atoms with Crippen molar-refractivity contribution in [2.45, 2.75) is 52.0 Å². The number of carbonyl (C=O) groups is 1. The first-order chi connectivity index (χ1) is 17.6. The first-order valence-electron chi connectivity index (χ1n) is 12.8. The minimum absolute atomic E-state index is 0.000495. The molecular formula is C30H34ClN3O2. The van der Waals surface area contributed by atoms with Crippen LogP contribution in [0, 0.1) is 6.92 Å². The van der Waals surface area contributed by atoms with E-state index >= 15 is 0 Å². The molecular weight excluding hydrogens is 470 g/mol. The van der Waals surface area contributed by atoms with Gasteiger partial charge in [-0.25, -0.2) is 4.98 Å². The van der Waals surface area contributed by atoms with Gasteiger partial charge < -0.3 is 14.6 Å². The zero-order chi connectivity index (χ0) is 25.2. The molecule has 1 aromatic heterocycles. The number of ether oxygens (including phenoxy) is 1. The molecule has 0 aliphatic rings. The van der Waals surface area contributed by atoms with Crippen molar-refractivity contribution in [3.05, 3.63) is 94.8 Å². The SMILES string of the molecule is Cc1cccc(C(=O)NCCCCCc2nc3ccccc3n2CCCCOc2ccc(Cl)cc2)c1. The van der Waals surface area contributed by atoms with Gasteiger partial charge in [0.15, 0.2) is 0 Å². The predicted molar refractivity (Wildman–Crippen MR) is 147 cm³/mol. The van der Waals surface area contributed by atoms with Crippen LogP contribution < -0.4 is 10.1 Å². The summed E-state index contributed by atoms with van der Waals surface area (Å²) in [6.07, 6.45) is 5.97. The number of halogens is 1. The number of carbonyl (C=O) groups excluding carboxylic acids is 1. The molecule has 0 unspecified atom stereocenters. The molecule has 6 heteroatoms. The third-order valence-electron chi connectivity index (χ3n) is 6.24. The van der Waals surface area contributed by atoms with Crippen LogP contribution in [0.5, 0.6) is 5.75 Å². The smallest absolute Gasteiger partial charge is 0.251 e. The van der Waals surface area contributed by atoms with E-state index < -0.39 is 0 Å². The molecule has 0 fully saturated rings. The Bertz CT molecular complexity index is 1270. The van der Waals surface area contributed by atoms with Crippen molar-refractivity contribution < 1.29 is 9.53 Å². The van der Waals surface area contributed by atoms with Crippen LogP contribution >= 0.6 is 11.6 Å². The summed E-state index contributed by atoms with van der Waals surface area (Å²) in [6.45, 7) is 4.29. The van der Waals surface area contributed by atoms with Crippen LogP contribution in [-0.2, 0) is 13.0 Å². The molecule has 1 N–H and O–H groups in total. The van der Waals surface area contributed by atoms with E-state index in [4.69, 9.17) is 21.3 Å². The van der Waals surface area contributed by atoms with E-state index in [-0.39, 0.29) is 5.91 Å². The van der Waals surface area contributed by atoms with E-state index in [1.54, 1.807) is 0 Å². The van der Waals surface area contributed by atoms with Gasteiger partial charge in [0.25, 0.3) is 5.91 Å². The van der Waals surface area contributed by atoms with Gasteiger partial charge in [0, 0.05) is 30.1 Å². The number of aryl methyl sites for hydroxylation is 3. The number of unbranched alkanes of at least 4 members (excludes halogenated alkanes) is 3. The third kappa shape index (κ3) is 7.34. The minimum Gasteiger partial charge on any atom is -0.494 e. The largest absolute Gasteiger partial charge is 0.494 e. The highest BCUT2D eigenvalue weighted by Crippen LogP contribution is 2.20. The minimum atomic E-state index is 0.000495. The number of nitrogens with zero attached hydrogens (tertiary/aromatic N) is 2. The molecule has 0 aliphatic carbocycles. The van der Waals surface area contributed by atoms with E-state index in [1.807, 2.05) is 61.5 Å².